The first kappa shape index (κ1) is 20.8. The lowest BCUT2D eigenvalue weighted by atomic mass is 9.99. The molecule has 0 heterocycles. The topological polar surface area (TPSA) is 55.4 Å². The predicted molar refractivity (Wildman–Crippen MR) is 123 cm³/mol. The number of hydrogen-bond donors (Lipinski definition) is 1. The lowest BCUT2D eigenvalue weighted by Gasteiger charge is -2.20. The van der Waals surface area contributed by atoms with Gasteiger partial charge < -0.3 is 4.74 Å². The molecule has 156 valence electrons. The summed E-state index contributed by atoms with van der Waals surface area (Å²) in [4.78, 5) is 0.181. The van der Waals surface area contributed by atoms with Crippen LogP contribution >= 0.6 is 0 Å². The molecule has 0 aliphatic rings. The molecule has 0 bridgehead atoms. The molecule has 4 nitrogen and oxygen atoms in total. The summed E-state index contributed by atoms with van der Waals surface area (Å²) in [5, 5.41) is 0. The minimum absolute atomic E-state index is 0.181. The average Bonchev–Trinajstić information content (AvgIpc) is 2.80. The molecular weight excluding hydrogens is 406 g/mol. The first-order valence-electron chi connectivity index (χ1n) is 9.98. The lowest BCUT2D eigenvalue weighted by Crippen LogP contribution is -2.29. The van der Waals surface area contributed by atoms with Gasteiger partial charge in [0.2, 0.25) is 10.0 Å². The first-order valence-corrected chi connectivity index (χ1v) is 11.5. The van der Waals surface area contributed by atoms with Crippen LogP contribution in [0.3, 0.4) is 0 Å². The number of para-hydroxylation sites is 1. The maximum Gasteiger partial charge on any atom is 0.241 e. The van der Waals surface area contributed by atoms with E-state index in [2.05, 4.69) is 4.72 Å². The average molecular weight is 430 g/mol. The standard InChI is InChI=1S/C26H23NO3S/c1-20-12-14-22(15-13-20)26(21-8-4-2-5-9-21)27-31(28,29)25-18-16-24(17-19-25)30-23-10-6-3-7-11-23/h2-19,26-27H,1H3/t26-/m1/s1. The van der Waals surface area contributed by atoms with Gasteiger partial charge in [-0.05, 0) is 54.4 Å². The molecule has 0 radical (unpaired) electrons. The van der Waals surface area contributed by atoms with Gasteiger partial charge in [-0.2, -0.15) is 4.72 Å². The van der Waals surface area contributed by atoms with E-state index in [1.807, 2.05) is 91.9 Å². The van der Waals surface area contributed by atoms with Gasteiger partial charge in [0, 0.05) is 0 Å². The van der Waals surface area contributed by atoms with E-state index >= 15 is 0 Å². The SMILES string of the molecule is Cc1ccc([C@H](NS(=O)(=O)c2ccc(Oc3ccccc3)cc2)c2ccccc2)cc1. The van der Waals surface area contributed by atoms with Crippen molar-refractivity contribution in [3.8, 4) is 11.5 Å². The van der Waals surface area contributed by atoms with Crippen LogP contribution in [0.25, 0.3) is 0 Å². The summed E-state index contributed by atoms with van der Waals surface area (Å²) >= 11 is 0. The van der Waals surface area contributed by atoms with Crippen molar-refractivity contribution in [1.82, 2.24) is 4.72 Å². The fourth-order valence-electron chi connectivity index (χ4n) is 3.27. The van der Waals surface area contributed by atoms with E-state index in [1.165, 1.54) is 0 Å². The molecule has 0 amide bonds. The molecule has 0 aliphatic carbocycles. The molecule has 0 spiro atoms. The summed E-state index contributed by atoms with van der Waals surface area (Å²) in [6.45, 7) is 2.00. The van der Waals surface area contributed by atoms with E-state index in [-0.39, 0.29) is 4.90 Å². The van der Waals surface area contributed by atoms with Crippen LogP contribution in [0.15, 0.2) is 114 Å². The van der Waals surface area contributed by atoms with Gasteiger partial charge in [0.25, 0.3) is 0 Å². The quantitative estimate of drug-likeness (QED) is 0.401. The van der Waals surface area contributed by atoms with Crippen molar-refractivity contribution in [3.63, 3.8) is 0 Å². The van der Waals surface area contributed by atoms with E-state index in [0.29, 0.717) is 11.5 Å². The Balaban J connectivity index is 1.59. The highest BCUT2D eigenvalue weighted by Gasteiger charge is 2.23. The summed E-state index contributed by atoms with van der Waals surface area (Å²) < 4.78 is 35.0. The van der Waals surface area contributed by atoms with Crippen LogP contribution in [-0.4, -0.2) is 8.42 Å². The Labute approximate surface area is 183 Å². The Morgan fingerprint density at radius 3 is 1.77 bits per heavy atom. The third-order valence-corrected chi connectivity index (χ3v) is 6.37. The Hall–Kier alpha value is -3.41. The zero-order chi connectivity index (χ0) is 21.7. The first-order chi connectivity index (χ1) is 15.0. The smallest absolute Gasteiger partial charge is 0.241 e. The molecule has 0 aliphatic heterocycles. The Bertz CT molecular complexity index is 1220. The van der Waals surface area contributed by atoms with Crippen LogP contribution in [0.5, 0.6) is 11.5 Å². The molecule has 0 saturated carbocycles. The second kappa shape index (κ2) is 9.16. The maximum absolute atomic E-state index is 13.2. The minimum atomic E-state index is -3.76. The van der Waals surface area contributed by atoms with E-state index in [9.17, 15) is 8.42 Å². The van der Waals surface area contributed by atoms with Gasteiger partial charge in [-0.1, -0.05) is 78.4 Å². The van der Waals surface area contributed by atoms with Crippen LogP contribution in [0.1, 0.15) is 22.7 Å². The third-order valence-electron chi connectivity index (χ3n) is 4.93. The van der Waals surface area contributed by atoms with Crippen molar-refractivity contribution in [1.29, 1.82) is 0 Å². The second-order valence-electron chi connectivity index (χ2n) is 7.26. The Kier molecular flexibility index (Phi) is 6.16. The van der Waals surface area contributed by atoms with Crippen LogP contribution in [0.2, 0.25) is 0 Å². The van der Waals surface area contributed by atoms with Gasteiger partial charge in [0.05, 0.1) is 10.9 Å². The molecule has 4 rings (SSSR count). The molecule has 0 fully saturated rings. The maximum atomic E-state index is 13.2. The third kappa shape index (κ3) is 5.20. The van der Waals surface area contributed by atoms with Gasteiger partial charge in [0.1, 0.15) is 11.5 Å². The number of nitrogens with one attached hydrogen (secondary N) is 1. The van der Waals surface area contributed by atoms with Crippen molar-refractivity contribution >= 4 is 10.0 Å². The molecule has 1 N–H and O–H groups in total. The summed E-state index contributed by atoms with van der Waals surface area (Å²) in [5.74, 6) is 1.27. The molecule has 31 heavy (non-hydrogen) atoms. The number of aryl methyl sites for hydroxylation is 1. The summed E-state index contributed by atoms with van der Waals surface area (Å²) in [5.41, 5.74) is 2.87. The highest BCUT2D eigenvalue weighted by Crippen LogP contribution is 2.27. The van der Waals surface area contributed by atoms with Gasteiger partial charge in [-0.3, -0.25) is 0 Å². The molecular formula is C26H23NO3S. The van der Waals surface area contributed by atoms with Crippen LogP contribution < -0.4 is 9.46 Å². The number of rotatable bonds is 7. The van der Waals surface area contributed by atoms with Crippen LogP contribution in [0, 0.1) is 6.92 Å². The summed E-state index contributed by atoms with van der Waals surface area (Å²) in [6.07, 6.45) is 0. The number of ether oxygens (including phenoxy) is 1. The molecule has 0 unspecified atom stereocenters. The number of hydrogen-bond acceptors (Lipinski definition) is 3. The summed E-state index contributed by atoms with van der Waals surface area (Å²) in [6, 6.07) is 32.7. The molecule has 4 aromatic rings. The number of sulfonamides is 1. The monoisotopic (exact) mass is 429 g/mol. The normalized spacial score (nSPS) is 12.3. The fraction of sp³-hybridized carbons (Fsp3) is 0.0769. The van der Waals surface area contributed by atoms with Gasteiger partial charge in [-0.25, -0.2) is 8.42 Å². The number of benzene rings is 4. The highest BCUT2D eigenvalue weighted by atomic mass is 32.2. The van der Waals surface area contributed by atoms with Crippen molar-refractivity contribution in [2.45, 2.75) is 17.9 Å². The van der Waals surface area contributed by atoms with E-state index in [1.54, 1.807) is 24.3 Å². The van der Waals surface area contributed by atoms with Crippen molar-refractivity contribution in [2.75, 3.05) is 0 Å². The van der Waals surface area contributed by atoms with Gasteiger partial charge in [0.15, 0.2) is 0 Å². The van der Waals surface area contributed by atoms with Crippen molar-refractivity contribution in [3.05, 3.63) is 126 Å². The van der Waals surface area contributed by atoms with Crippen LogP contribution in [0.4, 0.5) is 0 Å². The zero-order valence-corrected chi connectivity index (χ0v) is 17.9. The summed E-state index contributed by atoms with van der Waals surface area (Å²) in [7, 11) is -3.76. The lowest BCUT2D eigenvalue weighted by molar-refractivity contribution is 0.482. The van der Waals surface area contributed by atoms with Gasteiger partial charge >= 0.3 is 0 Å². The van der Waals surface area contributed by atoms with Crippen molar-refractivity contribution < 1.29 is 13.2 Å². The Morgan fingerprint density at radius 1 is 0.645 bits per heavy atom. The zero-order valence-electron chi connectivity index (χ0n) is 17.1. The highest BCUT2D eigenvalue weighted by molar-refractivity contribution is 7.89. The second-order valence-corrected chi connectivity index (χ2v) is 8.98. The van der Waals surface area contributed by atoms with E-state index < -0.39 is 16.1 Å². The predicted octanol–water partition coefficient (Wildman–Crippen LogP) is 5.86. The molecule has 0 saturated heterocycles. The van der Waals surface area contributed by atoms with Crippen LogP contribution in [-0.2, 0) is 10.0 Å². The fourth-order valence-corrected chi connectivity index (χ4v) is 4.48. The Morgan fingerprint density at radius 2 is 1.16 bits per heavy atom. The molecule has 1 atom stereocenters. The minimum Gasteiger partial charge on any atom is -0.457 e. The van der Waals surface area contributed by atoms with E-state index in [4.69, 9.17) is 4.74 Å². The molecule has 5 heteroatoms. The molecule has 4 aromatic carbocycles. The molecule has 0 aromatic heterocycles. The van der Waals surface area contributed by atoms with E-state index in [0.717, 1.165) is 16.7 Å². The van der Waals surface area contributed by atoms with Crippen molar-refractivity contribution in [2.24, 2.45) is 0 Å². The van der Waals surface area contributed by atoms with Gasteiger partial charge in [-0.15, -0.1) is 0 Å². The largest absolute Gasteiger partial charge is 0.457 e.